The Balaban J connectivity index is 2.29. The van der Waals surface area contributed by atoms with Crippen LogP contribution in [0.25, 0.3) is 0 Å². The zero-order valence-corrected chi connectivity index (χ0v) is 13.1. The van der Waals surface area contributed by atoms with Crippen LogP contribution in [0, 0.1) is 20.2 Å². The van der Waals surface area contributed by atoms with Crippen LogP contribution in [0.5, 0.6) is 11.5 Å². The maximum absolute atomic E-state index is 12.0. The fraction of sp³-hybridized carbons (Fsp3) is 0. The summed E-state index contributed by atoms with van der Waals surface area (Å²) in [4.78, 5) is 19.8. The second-order valence-corrected chi connectivity index (χ2v) is 6.86. The van der Waals surface area contributed by atoms with Gasteiger partial charge < -0.3 is 0 Å². The number of hydrogen-bond acceptors (Lipinski definition) is 7. The zero-order valence-electron chi connectivity index (χ0n) is 11.3. The summed E-state index contributed by atoms with van der Waals surface area (Å²) in [5.74, 6) is -0.552. The van der Waals surface area contributed by atoms with Gasteiger partial charge >= 0.3 is 131 Å². The van der Waals surface area contributed by atoms with Gasteiger partial charge in [0.2, 0.25) is 0 Å². The molecule has 0 bridgehead atoms. The summed E-state index contributed by atoms with van der Waals surface area (Å²) in [6.45, 7) is 0. The summed E-state index contributed by atoms with van der Waals surface area (Å²) in [6, 6.07) is 9.99. The standard InChI is InChI=1S/C12H9AsN2O8/c16-13(17,22-10-4-2-1-3-5-10)23-12-7-6-9(14(18)19)8-11(12)15(20)21/h1-8H,(H,16,17). The van der Waals surface area contributed by atoms with Crippen LogP contribution in [0.1, 0.15) is 0 Å². The van der Waals surface area contributed by atoms with Crippen molar-refractivity contribution in [1.82, 2.24) is 0 Å². The Bertz CT molecular complexity index is 795. The molecule has 0 fully saturated rings. The Morgan fingerprint density at radius 3 is 2.17 bits per heavy atom. The molecule has 0 radical (unpaired) electrons. The summed E-state index contributed by atoms with van der Waals surface area (Å²) in [6.07, 6.45) is 0. The average Bonchev–Trinajstić information content (AvgIpc) is 2.47. The van der Waals surface area contributed by atoms with Crippen molar-refractivity contribution in [2.75, 3.05) is 0 Å². The van der Waals surface area contributed by atoms with Gasteiger partial charge in [0.05, 0.1) is 0 Å². The summed E-state index contributed by atoms with van der Waals surface area (Å²) < 4.78 is 31.2. The number of rotatable bonds is 6. The third kappa shape index (κ3) is 4.31. The normalized spacial score (nSPS) is 12.9. The number of non-ortho nitro benzene ring substituents is 1. The molecular weight excluding hydrogens is 375 g/mol. The molecule has 11 heteroatoms. The molecule has 0 amide bonds. The molecule has 2 aromatic rings. The van der Waals surface area contributed by atoms with Gasteiger partial charge in [-0.1, -0.05) is 0 Å². The molecule has 0 aliphatic carbocycles. The van der Waals surface area contributed by atoms with Crippen molar-refractivity contribution >= 4 is 25.9 Å². The van der Waals surface area contributed by atoms with Crippen LogP contribution in [0.2, 0.25) is 0 Å². The number of benzene rings is 2. The fourth-order valence-electron chi connectivity index (χ4n) is 1.60. The fourth-order valence-corrected chi connectivity index (χ4v) is 3.33. The second kappa shape index (κ2) is 6.51. The van der Waals surface area contributed by atoms with E-state index >= 15 is 0 Å². The van der Waals surface area contributed by atoms with Crippen LogP contribution >= 0.6 is 0 Å². The van der Waals surface area contributed by atoms with Crippen molar-refractivity contribution in [1.29, 1.82) is 0 Å². The van der Waals surface area contributed by atoms with E-state index in [1.54, 1.807) is 18.2 Å². The molecule has 0 aliphatic heterocycles. The van der Waals surface area contributed by atoms with E-state index in [0.717, 1.165) is 12.1 Å². The Hall–Kier alpha value is -2.84. The van der Waals surface area contributed by atoms with Gasteiger partial charge in [-0.25, -0.2) is 0 Å². The van der Waals surface area contributed by atoms with Crippen LogP contribution in [-0.2, 0) is 3.74 Å². The quantitative estimate of drug-likeness (QED) is 0.451. The van der Waals surface area contributed by atoms with Crippen LogP contribution in [-0.4, -0.2) is 28.5 Å². The molecule has 0 heterocycles. The molecule has 10 nitrogen and oxygen atoms in total. The number of para-hydroxylation sites is 1. The van der Waals surface area contributed by atoms with Crippen molar-refractivity contribution in [2.24, 2.45) is 0 Å². The number of nitro groups is 2. The minimum absolute atomic E-state index is 0.0436. The molecule has 0 spiro atoms. The topological polar surface area (TPSA) is 142 Å². The molecule has 2 aromatic carbocycles. The van der Waals surface area contributed by atoms with Crippen LogP contribution in [0.15, 0.2) is 48.5 Å². The van der Waals surface area contributed by atoms with Crippen molar-refractivity contribution < 1.29 is 25.1 Å². The van der Waals surface area contributed by atoms with Gasteiger partial charge in [0.25, 0.3) is 0 Å². The van der Waals surface area contributed by atoms with E-state index in [-0.39, 0.29) is 5.75 Å². The Labute approximate surface area is 131 Å². The van der Waals surface area contributed by atoms with Gasteiger partial charge in [-0.3, -0.25) is 0 Å². The molecule has 23 heavy (non-hydrogen) atoms. The summed E-state index contributed by atoms with van der Waals surface area (Å²) >= 11 is -5.41. The van der Waals surface area contributed by atoms with Crippen molar-refractivity contribution in [2.45, 2.75) is 0 Å². The summed E-state index contributed by atoms with van der Waals surface area (Å²) in [7, 11) is 0. The van der Waals surface area contributed by atoms with E-state index in [1.165, 1.54) is 12.1 Å². The van der Waals surface area contributed by atoms with Crippen molar-refractivity contribution in [3.63, 3.8) is 0 Å². The molecule has 120 valence electrons. The van der Waals surface area contributed by atoms with Crippen LogP contribution < -0.4 is 7.45 Å². The SMILES string of the molecule is O=[N+]([O-])c1ccc(O[As](=O)(O)Oc2ccccc2)c([N+](=O)[O-])c1. The zero-order chi connectivity index (χ0) is 17.0. The number of hydrogen-bond donors (Lipinski definition) is 1. The Kier molecular flexibility index (Phi) is 4.68. The van der Waals surface area contributed by atoms with E-state index in [0.29, 0.717) is 6.07 Å². The van der Waals surface area contributed by atoms with E-state index in [9.17, 15) is 28.1 Å². The maximum atomic E-state index is 12.0. The first-order valence-corrected chi connectivity index (χ1v) is 9.12. The van der Waals surface area contributed by atoms with E-state index in [1.807, 2.05) is 0 Å². The first kappa shape index (κ1) is 16.5. The molecule has 0 saturated heterocycles. The van der Waals surface area contributed by atoms with Crippen LogP contribution in [0.4, 0.5) is 11.4 Å². The van der Waals surface area contributed by atoms with Gasteiger partial charge in [-0.2, -0.15) is 0 Å². The van der Waals surface area contributed by atoms with Gasteiger partial charge in [0.15, 0.2) is 0 Å². The molecule has 0 aliphatic rings. The monoisotopic (exact) mass is 384 g/mol. The molecule has 0 aromatic heterocycles. The predicted octanol–water partition coefficient (Wildman–Crippen LogP) is 1.82. The van der Waals surface area contributed by atoms with Crippen LogP contribution in [0.3, 0.4) is 0 Å². The van der Waals surface area contributed by atoms with E-state index < -0.39 is 41.5 Å². The summed E-state index contributed by atoms with van der Waals surface area (Å²) in [5, 5.41) is 21.6. The van der Waals surface area contributed by atoms with Crippen molar-refractivity contribution in [3.05, 3.63) is 68.8 Å². The Morgan fingerprint density at radius 1 is 0.957 bits per heavy atom. The first-order chi connectivity index (χ1) is 10.8. The number of nitrogens with zero attached hydrogens (tertiary/aromatic N) is 2. The van der Waals surface area contributed by atoms with Crippen molar-refractivity contribution in [3.8, 4) is 11.5 Å². The molecule has 0 saturated carbocycles. The molecule has 2 rings (SSSR count). The van der Waals surface area contributed by atoms with Gasteiger partial charge in [-0.05, 0) is 0 Å². The second-order valence-electron chi connectivity index (χ2n) is 4.13. The number of nitro benzene ring substituents is 2. The third-order valence-corrected chi connectivity index (χ3v) is 4.35. The first-order valence-electron chi connectivity index (χ1n) is 5.98. The minimum atomic E-state index is -5.41. The summed E-state index contributed by atoms with van der Waals surface area (Å²) in [5.41, 5.74) is -1.36. The molecule has 1 N–H and O–H groups in total. The average molecular weight is 384 g/mol. The third-order valence-electron chi connectivity index (χ3n) is 2.53. The Morgan fingerprint density at radius 2 is 1.61 bits per heavy atom. The molecular formula is C12H9AsN2O8. The molecule has 1 atom stereocenters. The van der Waals surface area contributed by atoms with E-state index in [2.05, 4.69) is 0 Å². The van der Waals surface area contributed by atoms with Gasteiger partial charge in [-0.15, -0.1) is 0 Å². The van der Waals surface area contributed by atoms with Gasteiger partial charge in [0, 0.05) is 0 Å². The molecule has 1 unspecified atom stereocenters. The van der Waals surface area contributed by atoms with Gasteiger partial charge in [0.1, 0.15) is 0 Å². The predicted molar refractivity (Wildman–Crippen MR) is 76.1 cm³/mol. The van der Waals surface area contributed by atoms with E-state index in [4.69, 9.17) is 7.45 Å².